The molecule has 0 saturated carbocycles. The van der Waals surface area contributed by atoms with E-state index in [0.717, 1.165) is 30.9 Å². The number of rotatable bonds is 2. The van der Waals surface area contributed by atoms with Crippen LogP contribution in [-0.2, 0) is 7.05 Å². The fourth-order valence-corrected chi connectivity index (χ4v) is 3.75. The Balaban J connectivity index is 1.53. The second kappa shape index (κ2) is 6.43. The summed E-state index contributed by atoms with van der Waals surface area (Å²) in [5.41, 5.74) is 1.67. The molecule has 2 aromatic rings. The lowest BCUT2D eigenvalue weighted by Gasteiger charge is -2.32. The molecule has 0 bridgehead atoms. The van der Waals surface area contributed by atoms with E-state index in [-0.39, 0.29) is 11.8 Å². The summed E-state index contributed by atoms with van der Waals surface area (Å²) in [6, 6.07) is 5.45. The molecule has 1 amide bonds. The standard InChI is InChI=1S/C19H23N3O3/c1-13-11-21(2)18(20-13)15-4-3-7-22(12-15)19(23)14-5-6-16-17(10-14)25-9-8-24-16/h5-6,10-11,15H,3-4,7-9,12H2,1-2H3. The molecule has 0 spiro atoms. The van der Waals surface area contributed by atoms with Gasteiger partial charge in [0, 0.05) is 37.8 Å². The third-order valence-electron chi connectivity index (χ3n) is 4.90. The van der Waals surface area contributed by atoms with Crippen molar-refractivity contribution in [3.63, 3.8) is 0 Å². The quantitative estimate of drug-likeness (QED) is 0.842. The van der Waals surface area contributed by atoms with E-state index in [4.69, 9.17) is 9.47 Å². The van der Waals surface area contributed by atoms with Gasteiger partial charge in [-0.1, -0.05) is 0 Å². The van der Waals surface area contributed by atoms with Crippen LogP contribution in [0, 0.1) is 6.92 Å². The SMILES string of the molecule is Cc1cn(C)c(C2CCCN(C(=O)c3ccc4c(c3)OCCO4)C2)n1. The highest BCUT2D eigenvalue weighted by molar-refractivity contribution is 5.95. The lowest BCUT2D eigenvalue weighted by Crippen LogP contribution is -2.39. The predicted octanol–water partition coefficient (Wildman–Crippen LogP) is 2.52. The molecule has 2 aliphatic heterocycles. The number of imidazole rings is 1. The average Bonchev–Trinajstić information content (AvgIpc) is 2.99. The first-order chi connectivity index (χ1) is 12.1. The molecule has 1 aromatic carbocycles. The molecule has 1 atom stereocenters. The zero-order valence-corrected chi connectivity index (χ0v) is 14.7. The van der Waals surface area contributed by atoms with Gasteiger partial charge in [-0.3, -0.25) is 4.79 Å². The third-order valence-corrected chi connectivity index (χ3v) is 4.90. The number of amides is 1. The maximum atomic E-state index is 13.0. The number of aromatic nitrogens is 2. The Morgan fingerprint density at radius 2 is 2.04 bits per heavy atom. The molecule has 25 heavy (non-hydrogen) atoms. The number of hydrogen-bond donors (Lipinski definition) is 0. The predicted molar refractivity (Wildman–Crippen MR) is 93.3 cm³/mol. The number of carbonyl (C=O) groups is 1. The molecule has 6 heteroatoms. The largest absolute Gasteiger partial charge is 0.486 e. The first kappa shape index (κ1) is 16.0. The first-order valence-electron chi connectivity index (χ1n) is 8.80. The molecular formula is C19H23N3O3. The molecule has 1 aromatic heterocycles. The van der Waals surface area contributed by atoms with Crippen LogP contribution >= 0.6 is 0 Å². The van der Waals surface area contributed by atoms with E-state index >= 15 is 0 Å². The van der Waals surface area contributed by atoms with E-state index in [9.17, 15) is 4.79 Å². The number of aryl methyl sites for hydroxylation is 2. The third kappa shape index (κ3) is 3.08. The highest BCUT2D eigenvalue weighted by Gasteiger charge is 2.28. The maximum absolute atomic E-state index is 13.0. The summed E-state index contributed by atoms with van der Waals surface area (Å²) in [4.78, 5) is 19.5. The second-order valence-electron chi connectivity index (χ2n) is 6.80. The Morgan fingerprint density at radius 3 is 2.80 bits per heavy atom. The number of piperidine rings is 1. The molecule has 0 N–H and O–H groups in total. The topological polar surface area (TPSA) is 56.6 Å². The number of carbonyl (C=O) groups excluding carboxylic acids is 1. The summed E-state index contributed by atoms with van der Waals surface area (Å²) in [6.07, 6.45) is 4.10. The van der Waals surface area contributed by atoms with Crippen LogP contribution in [0.25, 0.3) is 0 Å². The van der Waals surface area contributed by atoms with Crippen LogP contribution in [-0.4, -0.2) is 46.7 Å². The first-order valence-corrected chi connectivity index (χ1v) is 8.80. The van der Waals surface area contributed by atoms with Gasteiger partial charge >= 0.3 is 0 Å². The minimum Gasteiger partial charge on any atom is -0.486 e. The van der Waals surface area contributed by atoms with Gasteiger partial charge in [0.2, 0.25) is 0 Å². The lowest BCUT2D eigenvalue weighted by atomic mass is 9.96. The number of likely N-dealkylation sites (tertiary alicyclic amines) is 1. The van der Waals surface area contributed by atoms with Gasteiger partial charge < -0.3 is 18.9 Å². The smallest absolute Gasteiger partial charge is 0.254 e. The van der Waals surface area contributed by atoms with Crippen molar-refractivity contribution in [2.75, 3.05) is 26.3 Å². The van der Waals surface area contributed by atoms with Crippen molar-refractivity contribution in [3.05, 3.63) is 41.5 Å². The number of ether oxygens (including phenoxy) is 2. The van der Waals surface area contributed by atoms with Gasteiger partial charge in [-0.25, -0.2) is 4.98 Å². The lowest BCUT2D eigenvalue weighted by molar-refractivity contribution is 0.0702. The summed E-state index contributed by atoms with van der Waals surface area (Å²) in [7, 11) is 2.02. The molecule has 0 radical (unpaired) electrons. The van der Waals surface area contributed by atoms with E-state index in [2.05, 4.69) is 9.55 Å². The van der Waals surface area contributed by atoms with Crippen molar-refractivity contribution in [1.29, 1.82) is 0 Å². The Morgan fingerprint density at radius 1 is 1.24 bits per heavy atom. The molecular weight excluding hydrogens is 318 g/mol. The van der Waals surface area contributed by atoms with E-state index in [1.807, 2.05) is 37.2 Å². The fourth-order valence-electron chi connectivity index (χ4n) is 3.75. The molecule has 3 heterocycles. The van der Waals surface area contributed by atoms with Gasteiger partial charge in [0.1, 0.15) is 19.0 Å². The van der Waals surface area contributed by atoms with Crippen molar-refractivity contribution < 1.29 is 14.3 Å². The monoisotopic (exact) mass is 341 g/mol. The summed E-state index contributed by atoms with van der Waals surface area (Å²) in [6.45, 7) is 4.57. The summed E-state index contributed by atoms with van der Waals surface area (Å²) >= 11 is 0. The molecule has 132 valence electrons. The van der Waals surface area contributed by atoms with Crippen molar-refractivity contribution in [2.24, 2.45) is 7.05 Å². The van der Waals surface area contributed by atoms with Gasteiger partial charge in [-0.15, -0.1) is 0 Å². The molecule has 0 aliphatic carbocycles. The number of benzene rings is 1. The van der Waals surface area contributed by atoms with Crippen molar-refractivity contribution >= 4 is 5.91 Å². The summed E-state index contributed by atoms with van der Waals surface area (Å²) < 4.78 is 13.2. The summed E-state index contributed by atoms with van der Waals surface area (Å²) in [5, 5.41) is 0. The van der Waals surface area contributed by atoms with Gasteiger partial charge in [0.15, 0.2) is 11.5 Å². The van der Waals surface area contributed by atoms with E-state index in [0.29, 0.717) is 36.8 Å². The van der Waals surface area contributed by atoms with Crippen LogP contribution in [0.15, 0.2) is 24.4 Å². The van der Waals surface area contributed by atoms with Crippen LogP contribution in [0.3, 0.4) is 0 Å². The average molecular weight is 341 g/mol. The van der Waals surface area contributed by atoms with Crippen molar-refractivity contribution in [2.45, 2.75) is 25.7 Å². The molecule has 2 aliphatic rings. The zero-order valence-electron chi connectivity index (χ0n) is 14.7. The Hall–Kier alpha value is -2.50. The van der Waals surface area contributed by atoms with Crippen LogP contribution in [0.2, 0.25) is 0 Å². The zero-order chi connectivity index (χ0) is 17.4. The van der Waals surface area contributed by atoms with Gasteiger partial charge in [-0.05, 0) is 38.0 Å². The Labute approximate surface area is 147 Å². The van der Waals surface area contributed by atoms with Gasteiger partial charge in [-0.2, -0.15) is 0 Å². The number of hydrogen-bond acceptors (Lipinski definition) is 4. The van der Waals surface area contributed by atoms with E-state index in [1.165, 1.54) is 0 Å². The maximum Gasteiger partial charge on any atom is 0.254 e. The number of fused-ring (bicyclic) bond motifs is 1. The molecule has 1 saturated heterocycles. The normalized spacial score (nSPS) is 19.8. The molecule has 1 unspecified atom stereocenters. The van der Waals surface area contributed by atoms with Crippen LogP contribution in [0.4, 0.5) is 0 Å². The molecule has 6 nitrogen and oxygen atoms in total. The van der Waals surface area contributed by atoms with Gasteiger partial charge in [0.25, 0.3) is 5.91 Å². The summed E-state index contributed by atoms with van der Waals surface area (Å²) in [5.74, 6) is 2.77. The van der Waals surface area contributed by atoms with Crippen LogP contribution in [0.1, 0.15) is 40.6 Å². The van der Waals surface area contributed by atoms with Crippen LogP contribution in [0.5, 0.6) is 11.5 Å². The van der Waals surface area contributed by atoms with Gasteiger partial charge in [0.05, 0.1) is 5.69 Å². The van der Waals surface area contributed by atoms with Crippen molar-refractivity contribution in [3.8, 4) is 11.5 Å². The van der Waals surface area contributed by atoms with E-state index < -0.39 is 0 Å². The number of nitrogens with zero attached hydrogens (tertiary/aromatic N) is 3. The molecule has 4 rings (SSSR count). The second-order valence-corrected chi connectivity index (χ2v) is 6.80. The van der Waals surface area contributed by atoms with Crippen molar-refractivity contribution in [1.82, 2.24) is 14.5 Å². The minimum atomic E-state index is 0.0487. The fraction of sp³-hybridized carbons (Fsp3) is 0.474. The minimum absolute atomic E-state index is 0.0487. The molecule has 1 fully saturated rings. The van der Waals surface area contributed by atoms with E-state index in [1.54, 1.807) is 6.07 Å². The Bertz CT molecular complexity index is 799. The highest BCUT2D eigenvalue weighted by atomic mass is 16.6. The Kier molecular flexibility index (Phi) is 4.11. The highest BCUT2D eigenvalue weighted by Crippen LogP contribution is 2.32. The van der Waals surface area contributed by atoms with Crippen LogP contribution < -0.4 is 9.47 Å².